The van der Waals surface area contributed by atoms with E-state index >= 15 is 0 Å². The second-order valence-electron chi connectivity index (χ2n) is 11.2. The minimum atomic E-state index is -4.45. The molecular formula is C28H35F3N2O2S. The van der Waals surface area contributed by atoms with Crippen LogP contribution in [0.5, 0.6) is 0 Å². The summed E-state index contributed by atoms with van der Waals surface area (Å²) in [5.74, 6) is 0. The lowest BCUT2D eigenvalue weighted by atomic mass is 9.87. The molecule has 1 aromatic heterocycles. The molecule has 196 valence electrons. The first-order chi connectivity index (χ1) is 16.7. The summed E-state index contributed by atoms with van der Waals surface area (Å²) in [5.41, 5.74) is 2.50. The van der Waals surface area contributed by atoms with E-state index in [1.807, 2.05) is 22.9 Å². The van der Waals surface area contributed by atoms with Gasteiger partial charge in [0.1, 0.15) is 0 Å². The second kappa shape index (κ2) is 9.86. The van der Waals surface area contributed by atoms with Crippen LogP contribution in [0.1, 0.15) is 63.1 Å². The number of nitrogens with zero attached hydrogens (tertiary/aromatic N) is 1. The maximum absolute atomic E-state index is 13.8. The standard InChI is InChI=1S/C28H35F3N2O2S/c1-19-9-11-23(25(15-19)28(29,30)31)20-10-12-26-24(16-20)21(17-27(2,3)4)18-33(26)14-13-32-36(34,35)22-7-5-6-8-22/h9-12,15-16,18,22,32H,5-8,13-14,17H2,1-4H3. The summed E-state index contributed by atoms with van der Waals surface area (Å²) >= 11 is 0. The lowest BCUT2D eigenvalue weighted by Gasteiger charge is -2.17. The minimum Gasteiger partial charge on any atom is -0.346 e. The van der Waals surface area contributed by atoms with Crippen LogP contribution >= 0.6 is 0 Å². The molecule has 4 rings (SSSR count). The molecule has 3 aromatic rings. The van der Waals surface area contributed by atoms with Gasteiger partial charge in [-0.3, -0.25) is 0 Å². The van der Waals surface area contributed by atoms with Gasteiger partial charge in [-0.05, 0) is 66.5 Å². The van der Waals surface area contributed by atoms with Gasteiger partial charge in [0.05, 0.1) is 10.8 Å². The molecule has 1 fully saturated rings. The van der Waals surface area contributed by atoms with Crippen LogP contribution in [0.15, 0.2) is 42.6 Å². The monoisotopic (exact) mass is 520 g/mol. The zero-order valence-corrected chi connectivity index (χ0v) is 22.2. The van der Waals surface area contributed by atoms with Crippen molar-refractivity contribution < 1.29 is 21.6 Å². The fourth-order valence-electron chi connectivity index (χ4n) is 5.20. The van der Waals surface area contributed by atoms with Gasteiger partial charge in [0.25, 0.3) is 0 Å². The van der Waals surface area contributed by atoms with Gasteiger partial charge in [0.2, 0.25) is 10.0 Å². The second-order valence-corrected chi connectivity index (χ2v) is 13.3. The van der Waals surface area contributed by atoms with Gasteiger partial charge in [0, 0.05) is 30.2 Å². The van der Waals surface area contributed by atoms with Crippen molar-refractivity contribution in [3.8, 4) is 11.1 Å². The van der Waals surface area contributed by atoms with Gasteiger partial charge < -0.3 is 4.57 Å². The average Bonchev–Trinajstić information content (AvgIpc) is 3.41. The summed E-state index contributed by atoms with van der Waals surface area (Å²) in [6.45, 7) is 8.75. The number of aromatic nitrogens is 1. The summed E-state index contributed by atoms with van der Waals surface area (Å²) in [4.78, 5) is 0. The Balaban J connectivity index is 1.69. The molecule has 1 saturated carbocycles. The van der Waals surface area contributed by atoms with E-state index in [9.17, 15) is 21.6 Å². The van der Waals surface area contributed by atoms with Crippen molar-refractivity contribution >= 4 is 20.9 Å². The number of benzene rings is 2. The molecule has 8 heteroatoms. The Morgan fingerprint density at radius 2 is 1.72 bits per heavy atom. The molecule has 1 N–H and O–H groups in total. The van der Waals surface area contributed by atoms with E-state index in [-0.39, 0.29) is 22.8 Å². The summed E-state index contributed by atoms with van der Waals surface area (Å²) in [6.07, 6.45) is 1.62. The van der Waals surface area contributed by atoms with E-state index in [1.165, 1.54) is 12.1 Å². The van der Waals surface area contributed by atoms with Crippen LogP contribution in [0.25, 0.3) is 22.0 Å². The van der Waals surface area contributed by atoms with Crippen LogP contribution < -0.4 is 4.72 Å². The molecule has 0 unspecified atom stereocenters. The SMILES string of the molecule is Cc1ccc(-c2ccc3c(c2)c(CC(C)(C)C)cn3CCNS(=O)(=O)C2CCCC2)c(C(F)(F)F)c1. The van der Waals surface area contributed by atoms with E-state index in [0.29, 0.717) is 30.5 Å². The predicted octanol–water partition coefficient (Wildman–Crippen LogP) is 7.09. The topological polar surface area (TPSA) is 51.1 Å². The third kappa shape index (κ3) is 5.97. The highest BCUT2D eigenvalue weighted by molar-refractivity contribution is 7.90. The molecular weight excluding hydrogens is 485 g/mol. The van der Waals surface area contributed by atoms with Crippen LogP contribution in [0.2, 0.25) is 0 Å². The lowest BCUT2D eigenvalue weighted by Crippen LogP contribution is -2.34. The van der Waals surface area contributed by atoms with Gasteiger partial charge in [0.15, 0.2) is 0 Å². The molecule has 0 amide bonds. The van der Waals surface area contributed by atoms with E-state index < -0.39 is 21.8 Å². The maximum Gasteiger partial charge on any atom is 0.417 e. The molecule has 1 heterocycles. The first-order valence-corrected chi connectivity index (χ1v) is 14.1. The number of alkyl halides is 3. The Labute approximate surface area is 211 Å². The third-order valence-corrected chi connectivity index (χ3v) is 8.83. The lowest BCUT2D eigenvalue weighted by molar-refractivity contribution is -0.137. The molecule has 0 radical (unpaired) electrons. The highest BCUT2D eigenvalue weighted by Gasteiger charge is 2.34. The first kappa shape index (κ1) is 26.7. The molecule has 0 aliphatic heterocycles. The minimum absolute atomic E-state index is 0.0276. The normalized spacial score (nSPS) is 15.8. The Kier molecular flexibility index (Phi) is 7.32. The van der Waals surface area contributed by atoms with Gasteiger partial charge in [-0.1, -0.05) is 57.4 Å². The Hall–Kier alpha value is -2.32. The number of sulfonamides is 1. The van der Waals surface area contributed by atoms with E-state index in [1.54, 1.807) is 19.1 Å². The van der Waals surface area contributed by atoms with Crippen molar-refractivity contribution in [2.75, 3.05) is 6.54 Å². The van der Waals surface area contributed by atoms with E-state index in [2.05, 4.69) is 25.5 Å². The van der Waals surface area contributed by atoms with E-state index in [0.717, 1.165) is 35.7 Å². The zero-order chi connectivity index (χ0) is 26.3. The number of fused-ring (bicyclic) bond motifs is 1. The molecule has 4 nitrogen and oxygen atoms in total. The summed E-state index contributed by atoms with van der Waals surface area (Å²) < 4.78 is 71.5. The van der Waals surface area contributed by atoms with Crippen LogP contribution in [-0.4, -0.2) is 24.8 Å². The van der Waals surface area contributed by atoms with Crippen LogP contribution in [0, 0.1) is 12.3 Å². The Bertz CT molecular complexity index is 1350. The smallest absolute Gasteiger partial charge is 0.346 e. The number of hydrogen-bond donors (Lipinski definition) is 1. The fourth-order valence-corrected chi connectivity index (χ4v) is 6.77. The van der Waals surface area contributed by atoms with Gasteiger partial charge >= 0.3 is 6.18 Å². The van der Waals surface area contributed by atoms with Crippen molar-refractivity contribution in [1.82, 2.24) is 9.29 Å². The molecule has 36 heavy (non-hydrogen) atoms. The third-order valence-electron chi connectivity index (χ3n) is 6.87. The van der Waals surface area contributed by atoms with Crippen LogP contribution in [0.4, 0.5) is 13.2 Å². The first-order valence-electron chi connectivity index (χ1n) is 12.5. The van der Waals surface area contributed by atoms with E-state index in [4.69, 9.17) is 0 Å². The number of aryl methyl sites for hydroxylation is 1. The maximum atomic E-state index is 13.8. The number of nitrogens with one attached hydrogen (secondary N) is 1. The number of rotatable bonds is 7. The molecule has 0 bridgehead atoms. The molecule has 1 aliphatic rings. The largest absolute Gasteiger partial charge is 0.417 e. The number of halogens is 3. The molecule has 0 atom stereocenters. The quantitative estimate of drug-likeness (QED) is 0.362. The van der Waals surface area contributed by atoms with Gasteiger partial charge in [-0.2, -0.15) is 13.2 Å². The highest BCUT2D eigenvalue weighted by Crippen LogP contribution is 2.39. The van der Waals surface area contributed by atoms with Crippen LogP contribution in [-0.2, 0) is 29.2 Å². The molecule has 0 spiro atoms. The van der Waals surface area contributed by atoms with Gasteiger partial charge in [-0.15, -0.1) is 0 Å². The summed E-state index contributed by atoms with van der Waals surface area (Å²) in [6, 6.07) is 9.85. The molecule has 0 saturated heterocycles. The highest BCUT2D eigenvalue weighted by atomic mass is 32.2. The fraction of sp³-hybridized carbons (Fsp3) is 0.500. The Morgan fingerprint density at radius 1 is 1.03 bits per heavy atom. The van der Waals surface area contributed by atoms with Crippen LogP contribution in [0.3, 0.4) is 0 Å². The van der Waals surface area contributed by atoms with Crippen molar-refractivity contribution in [1.29, 1.82) is 0 Å². The van der Waals surface area contributed by atoms with Crippen molar-refractivity contribution in [2.24, 2.45) is 5.41 Å². The predicted molar refractivity (Wildman–Crippen MR) is 139 cm³/mol. The average molecular weight is 521 g/mol. The van der Waals surface area contributed by atoms with Crippen molar-refractivity contribution in [3.05, 3.63) is 59.3 Å². The summed E-state index contributed by atoms with van der Waals surface area (Å²) in [5, 5.41) is 0.588. The number of hydrogen-bond acceptors (Lipinski definition) is 2. The molecule has 1 aliphatic carbocycles. The Morgan fingerprint density at radius 3 is 2.36 bits per heavy atom. The van der Waals surface area contributed by atoms with Crippen molar-refractivity contribution in [3.63, 3.8) is 0 Å². The van der Waals surface area contributed by atoms with Crippen molar-refractivity contribution in [2.45, 2.75) is 77.8 Å². The van der Waals surface area contributed by atoms with Gasteiger partial charge in [-0.25, -0.2) is 13.1 Å². The zero-order valence-electron chi connectivity index (χ0n) is 21.4. The summed E-state index contributed by atoms with van der Waals surface area (Å²) in [7, 11) is -3.34. The molecule has 2 aromatic carbocycles.